The zero-order valence-electron chi connectivity index (χ0n) is 12.7. The molecule has 0 amide bonds. The van der Waals surface area contributed by atoms with Gasteiger partial charge in [0.2, 0.25) is 11.9 Å². The molecular weight excluding hydrogens is 288 g/mol. The van der Waals surface area contributed by atoms with E-state index in [-0.39, 0.29) is 12.5 Å². The minimum Gasteiger partial charge on any atom is -0.390 e. The van der Waals surface area contributed by atoms with Crippen LogP contribution in [0.1, 0.15) is 36.3 Å². The van der Waals surface area contributed by atoms with Crippen LogP contribution in [0.4, 0.5) is 11.9 Å². The van der Waals surface area contributed by atoms with E-state index in [4.69, 9.17) is 5.11 Å². The predicted octanol–water partition coefficient (Wildman–Crippen LogP) is 1.62. The molecule has 2 aromatic rings. The maximum Gasteiger partial charge on any atom is 0.229 e. The van der Waals surface area contributed by atoms with E-state index in [9.17, 15) is 0 Å². The van der Waals surface area contributed by atoms with Gasteiger partial charge >= 0.3 is 0 Å². The first-order valence-corrected chi connectivity index (χ1v) is 7.59. The topological polar surface area (TPSA) is 87.1 Å². The van der Waals surface area contributed by atoms with Gasteiger partial charge < -0.3 is 15.3 Å². The van der Waals surface area contributed by atoms with Gasteiger partial charge in [0, 0.05) is 25.4 Å². The molecule has 0 bridgehead atoms. The second kappa shape index (κ2) is 6.77. The Hall–Kier alpha value is -1.80. The Bertz CT molecular complexity index is 572. The second-order valence-electron chi connectivity index (χ2n) is 5.11. The van der Waals surface area contributed by atoms with Crippen molar-refractivity contribution >= 4 is 23.2 Å². The molecule has 0 unspecified atom stereocenters. The van der Waals surface area contributed by atoms with E-state index in [0.29, 0.717) is 24.1 Å². The standard InChI is InChI=1S/C13H20N6OS/c1-8(2)11-16-12(18-13(17-11)19(3)4)14-5-10-15-9(6-20)7-21-10/h7-8,20H,5-6H2,1-4H3,(H,14,16,17,18). The Balaban J connectivity index is 2.14. The van der Waals surface area contributed by atoms with Gasteiger partial charge in [-0.2, -0.15) is 15.0 Å². The third-order valence-corrected chi connectivity index (χ3v) is 3.61. The van der Waals surface area contributed by atoms with Gasteiger partial charge in [-0.05, 0) is 0 Å². The van der Waals surface area contributed by atoms with Crippen LogP contribution in [-0.4, -0.2) is 39.1 Å². The molecule has 0 aliphatic carbocycles. The zero-order chi connectivity index (χ0) is 15.4. The van der Waals surface area contributed by atoms with Crippen molar-refractivity contribution in [1.29, 1.82) is 0 Å². The van der Waals surface area contributed by atoms with Gasteiger partial charge in [-0.1, -0.05) is 13.8 Å². The lowest BCUT2D eigenvalue weighted by Gasteiger charge is -2.14. The molecule has 0 aromatic carbocycles. The fourth-order valence-electron chi connectivity index (χ4n) is 1.58. The maximum absolute atomic E-state index is 9.02. The molecular formula is C13H20N6OS. The molecule has 7 nitrogen and oxygen atoms in total. The molecule has 0 saturated heterocycles. The second-order valence-corrected chi connectivity index (χ2v) is 6.05. The molecule has 0 atom stereocenters. The molecule has 0 saturated carbocycles. The van der Waals surface area contributed by atoms with E-state index in [2.05, 4.69) is 25.3 Å². The van der Waals surface area contributed by atoms with Gasteiger partial charge in [-0.25, -0.2) is 4.98 Å². The summed E-state index contributed by atoms with van der Waals surface area (Å²) in [5.41, 5.74) is 0.685. The van der Waals surface area contributed by atoms with Crippen molar-refractivity contribution in [3.63, 3.8) is 0 Å². The van der Waals surface area contributed by atoms with Crippen LogP contribution in [0.3, 0.4) is 0 Å². The highest BCUT2D eigenvalue weighted by Crippen LogP contribution is 2.16. The van der Waals surface area contributed by atoms with E-state index in [1.807, 2.05) is 38.2 Å². The number of rotatable bonds is 6. The molecule has 0 fully saturated rings. The Morgan fingerprint density at radius 3 is 2.57 bits per heavy atom. The van der Waals surface area contributed by atoms with Crippen molar-refractivity contribution in [2.24, 2.45) is 0 Å². The molecule has 2 N–H and O–H groups in total. The Morgan fingerprint density at radius 2 is 2.00 bits per heavy atom. The maximum atomic E-state index is 9.02. The Kier molecular flexibility index (Phi) is 5.03. The highest BCUT2D eigenvalue weighted by atomic mass is 32.1. The highest BCUT2D eigenvalue weighted by molar-refractivity contribution is 7.09. The van der Waals surface area contributed by atoms with Crippen LogP contribution in [0.5, 0.6) is 0 Å². The third kappa shape index (κ3) is 4.08. The van der Waals surface area contributed by atoms with Crippen LogP contribution in [0.15, 0.2) is 5.38 Å². The lowest BCUT2D eigenvalue weighted by Crippen LogP contribution is -2.17. The van der Waals surface area contributed by atoms with Gasteiger partial charge in [0.1, 0.15) is 10.8 Å². The number of thiazole rings is 1. The molecule has 0 spiro atoms. The van der Waals surface area contributed by atoms with Gasteiger partial charge in [0.15, 0.2) is 0 Å². The lowest BCUT2D eigenvalue weighted by atomic mass is 10.2. The average Bonchev–Trinajstić information content (AvgIpc) is 2.92. The number of aliphatic hydroxyl groups excluding tert-OH is 1. The molecule has 0 radical (unpaired) electrons. The molecule has 8 heteroatoms. The Labute approximate surface area is 128 Å². The van der Waals surface area contributed by atoms with Gasteiger partial charge in [0.05, 0.1) is 18.8 Å². The quantitative estimate of drug-likeness (QED) is 0.838. The largest absolute Gasteiger partial charge is 0.390 e. The molecule has 114 valence electrons. The molecule has 2 heterocycles. The first-order chi connectivity index (χ1) is 9.99. The summed E-state index contributed by atoms with van der Waals surface area (Å²) in [4.78, 5) is 19.4. The number of nitrogens with one attached hydrogen (secondary N) is 1. The van der Waals surface area contributed by atoms with E-state index >= 15 is 0 Å². The fourth-order valence-corrected chi connectivity index (χ4v) is 2.30. The highest BCUT2D eigenvalue weighted by Gasteiger charge is 2.11. The van der Waals surface area contributed by atoms with E-state index in [1.165, 1.54) is 11.3 Å². The van der Waals surface area contributed by atoms with Crippen molar-refractivity contribution in [3.05, 3.63) is 21.9 Å². The van der Waals surface area contributed by atoms with Crippen LogP contribution < -0.4 is 10.2 Å². The summed E-state index contributed by atoms with van der Waals surface area (Å²) >= 11 is 1.50. The first kappa shape index (κ1) is 15.6. The van der Waals surface area contributed by atoms with Crippen LogP contribution in [0.25, 0.3) is 0 Å². The van der Waals surface area contributed by atoms with Crippen LogP contribution >= 0.6 is 11.3 Å². The number of hydrogen-bond acceptors (Lipinski definition) is 8. The van der Waals surface area contributed by atoms with Crippen molar-refractivity contribution < 1.29 is 5.11 Å². The normalized spacial score (nSPS) is 11.0. The molecule has 2 rings (SSSR count). The molecule has 21 heavy (non-hydrogen) atoms. The summed E-state index contributed by atoms with van der Waals surface area (Å²) in [6, 6.07) is 0. The monoisotopic (exact) mass is 308 g/mol. The van der Waals surface area contributed by atoms with E-state index in [0.717, 1.165) is 10.8 Å². The summed E-state index contributed by atoms with van der Waals surface area (Å²) in [7, 11) is 3.80. The van der Waals surface area contributed by atoms with Gasteiger partial charge in [-0.15, -0.1) is 11.3 Å². The molecule has 2 aromatic heterocycles. The van der Waals surface area contributed by atoms with E-state index < -0.39 is 0 Å². The average molecular weight is 308 g/mol. The minimum absolute atomic E-state index is 0.0372. The predicted molar refractivity (Wildman–Crippen MR) is 83.6 cm³/mol. The third-order valence-electron chi connectivity index (χ3n) is 2.72. The van der Waals surface area contributed by atoms with Crippen molar-refractivity contribution in [1.82, 2.24) is 19.9 Å². The lowest BCUT2D eigenvalue weighted by molar-refractivity contribution is 0.277. The number of aliphatic hydroxyl groups is 1. The first-order valence-electron chi connectivity index (χ1n) is 6.71. The number of aromatic nitrogens is 4. The van der Waals surface area contributed by atoms with Gasteiger partial charge in [0.25, 0.3) is 0 Å². The minimum atomic E-state index is -0.0372. The summed E-state index contributed by atoms with van der Waals surface area (Å²) in [5.74, 6) is 2.16. The summed E-state index contributed by atoms with van der Waals surface area (Å²) < 4.78 is 0. The summed E-state index contributed by atoms with van der Waals surface area (Å²) in [6.07, 6.45) is 0. The van der Waals surface area contributed by atoms with Crippen molar-refractivity contribution in [2.45, 2.75) is 32.9 Å². The van der Waals surface area contributed by atoms with E-state index in [1.54, 1.807) is 0 Å². The smallest absolute Gasteiger partial charge is 0.229 e. The van der Waals surface area contributed by atoms with Crippen molar-refractivity contribution in [2.75, 3.05) is 24.3 Å². The fraction of sp³-hybridized carbons (Fsp3) is 0.538. The summed E-state index contributed by atoms with van der Waals surface area (Å²) in [5, 5.41) is 14.9. The van der Waals surface area contributed by atoms with Gasteiger partial charge in [-0.3, -0.25) is 0 Å². The zero-order valence-corrected chi connectivity index (χ0v) is 13.5. The Morgan fingerprint density at radius 1 is 1.24 bits per heavy atom. The van der Waals surface area contributed by atoms with Crippen LogP contribution in [0.2, 0.25) is 0 Å². The molecule has 0 aliphatic heterocycles. The SMILES string of the molecule is CC(C)c1nc(NCc2nc(CO)cs2)nc(N(C)C)n1. The van der Waals surface area contributed by atoms with Crippen LogP contribution in [0, 0.1) is 0 Å². The number of hydrogen-bond donors (Lipinski definition) is 2. The summed E-state index contributed by atoms with van der Waals surface area (Å²) in [6.45, 7) is 4.59. The number of nitrogens with zero attached hydrogens (tertiary/aromatic N) is 5. The molecule has 0 aliphatic rings. The van der Waals surface area contributed by atoms with Crippen LogP contribution in [-0.2, 0) is 13.2 Å². The van der Waals surface area contributed by atoms with Crippen molar-refractivity contribution in [3.8, 4) is 0 Å². The number of anilines is 2.